The van der Waals surface area contributed by atoms with Crippen LogP contribution in [0.25, 0.3) is 0 Å². The van der Waals surface area contributed by atoms with Crippen molar-refractivity contribution >= 4 is 44.4 Å². The highest BCUT2D eigenvalue weighted by molar-refractivity contribution is 14.1. The summed E-state index contributed by atoms with van der Waals surface area (Å²) < 4.78 is 38.3. The van der Waals surface area contributed by atoms with Crippen molar-refractivity contribution in [1.29, 1.82) is 0 Å². The summed E-state index contributed by atoms with van der Waals surface area (Å²) in [5.74, 6) is -0.625. The van der Waals surface area contributed by atoms with E-state index in [1.54, 1.807) is 18.2 Å². The van der Waals surface area contributed by atoms with Gasteiger partial charge in [-0.3, -0.25) is 4.79 Å². The Hall–Kier alpha value is -0.310. The van der Waals surface area contributed by atoms with Crippen molar-refractivity contribution < 1.29 is 18.0 Å². The number of amides is 1. The van der Waals surface area contributed by atoms with Gasteiger partial charge in [-0.15, -0.1) is 0 Å². The molecule has 1 aromatic carbocycles. The summed E-state index contributed by atoms with van der Waals surface area (Å²) in [5.41, 5.74) is 0.244. The van der Waals surface area contributed by atoms with Crippen LogP contribution in [0.1, 0.15) is 17.3 Å². The number of benzene rings is 1. The highest BCUT2D eigenvalue weighted by Crippen LogP contribution is 2.23. The highest BCUT2D eigenvalue weighted by atomic mass is 127. The lowest BCUT2D eigenvalue weighted by Crippen LogP contribution is -2.38. The Balaban J connectivity index is 3.00. The summed E-state index contributed by atoms with van der Waals surface area (Å²) in [6, 6.07) is 4.98. The van der Waals surface area contributed by atoms with Crippen LogP contribution < -0.4 is 0 Å². The largest absolute Gasteiger partial charge is 0.406 e. The van der Waals surface area contributed by atoms with E-state index < -0.39 is 18.6 Å². The predicted octanol–water partition coefficient (Wildman–Crippen LogP) is 4.08. The fourth-order valence-corrected chi connectivity index (χ4v) is 2.28. The van der Waals surface area contributed by atoms with E-state index in [4.69, 9.17) is 0 Å². The first kappa shape index (κ1) is 15.7. The molecule has 0 fully saturated rings. The number of rotatable bonds is 3. The lowest BCUT2D eigenvalue weighted by atomic mass is 10.2. The van der Waals surface area contributed by atoms with Crippen molar-refractivity contribution in [3.8, 4) is 0 Å². The van der Waals surface area contributed by atoms with Crippen LogP contribution in [0.5, 0.6) is 0 Å². The Kier molecular flexibility index (Phi) is 5.45. The molecule has 0 unspecified atom stereocenters. The normalized spacial score (nSPS) is 11.4. The second-order valence-corrected chi connectivity index (χ2v) is 5.66. The van der Waals surface area contributed by atoms with Crippen molar-refractivity contribution in [1.82, 2.24) is 4.90 Å². The molecule has 0 aliphatic heterocycles. The summed E-state index contributed by atoms with van der Waals surface area (Å²) in [7, 11) is 0. The van der Waals surface area contributed by atoms with E-state index in [9.17, 15) is 18.0 Å². The maximum Gasteiger partial charge on any atom is 0.406 e. The van der Waals surface area contributed by atoms with Gasteiger partial charge in [-0.2, -0.15) is 13.2 Å². The number of carbonyl (C=O) groups excluding carboxylic acids is 1. The molecule has 0 aliphatic rings. The number of halogens is 5. The molecule has 1 aromatic rings. The van der Waals surface area contributed by atoms with Gasteiger partial charge >= 0.3 is 6.18 Å². The molecular weight excluding hydrogens is 426 g/mol. The van der Waals surface area contributed by atoms with E-state index in [1.165, 1.54) is 6.92 Å². The fourth-order valence-electron chi connectivity index (χ4n) is 1.38. The Bertz CT molecular complexity index is 450. The van der Waals surface area contributed by atoms with Gasteiger partial charge < -0.3 is 4.90 Å². The van der Waals surface area contributed by atoms with Crippen molar-refractivity contribution in [3.05, 3.63) is 31.8 Å². The van der Waals surface area contributed by atoms with Crippen LogP contribution in [0, 0.1) is 3.57 Å². The Morgan fingerprint density at radius 1 is 1.44 bits per heavy atom. The molecular formula is C11H10BrF3INO. The first-order chi connectivity index (χ1) is 8.24. The molecule has 0 spiro atoms. The average Bonchev–Trinajstić information content (AvgIpc) is 2.27. The van der Waals surface area contributed by atoms with E-state index in [-0.39, 0.29) is 12.1 Å². The molecule has 100 valence electrons. The minimum Gasteiger partial charge on any atom is -0.330 e. The van der Waals surface area contributed by atoms with Crippen molar-refractivity contribution in [2.24, 2.45) is 0 Å². The monoisotopic (exact) mass is 435 g/mol. The second-order valence-electron chi connectivity index (χ2n) is 3.56. The van der Waals surface area contributed by atoms with Crippen molar-refractivity contribution in [2.45, 2.75) is 13.1 Å². The zero-order valence-electron chi connectivity index (χ0n) is 9.39. The van der Waals surface area contributed by atoms with Gasteiger partial charge in [0.25, 0.3) is 5.91 Å². The van der Waals surface area contributed by atoms with Crippen molar-refractivity contribution in [3.63, 3.8) is 0 Å². The predicted molar refractivity (Wildman–Crippen MR) is 74.5 cm³/mol. The smallest absolute Gasteiger partial charge is 0.330 e. The van der Waals surface area contributed by atoms with E-state index in [2.05, 4.69) is 15.9 Å². The topological polar surface area (TPSA) is 20.3 Å². The molecule has 0 atom stereocenters. The summed E-state index contributed by atoms with van der Waals surface area (Å²) in [5, 5.41) is 0. The summed E-state index contributed by atoms with van der Waals surface area (Å²) in [6.07, 6.45) is -4.39. The first-order valence-electron chi connectivity index (χ1n) is 5.05. The van der Waals surface area contributed by atoms with Crippen LogP contribution in [0.4, 0.5) is 13.2 Å². The fraction of sp³-hybridized carbons (Fsp3) is 0.364. The van der Waals surface area contributed by atoms with Crippen LogP contribution in [0.15, 0.2) is 22.7 Å². The minimum atomic E-state index is -4.39. The Labute approximate surface area is 125 Å². The standard InChI is InChI=1S/C11H10BrF3INO/c1-2-17(6-11(13,14)15)10(18)8-5-7(16)3-4-9(8)12/h3-5H,2,6H2,1H3. The highest BCUT2D eigenvalue weighted by Gasteiger charge is 2.33. The molecule has 0 saturated carbocycles. The maximum absolute atomic E-state index is 12.3. The van der Waals surface area contributed by atoms with Crippen LogP contribution in [0.3, 0.4) is 0 Å². The van der Waals surface area contributed by atoms with Gasteiger partial charge in [0, 0.05) is 14.6 Å². The van der Waals surface area contributed by atoms with E-state index in [0.717, 1.165) is 8.47 Å². The molecule has 18 heavy (non-hydrogen) atoms. The third kappa shape index (κ3) is 4.42. The summed E-state index contributed by atoms with van der Waals surface area (Å²) in [4.78, 5) is 12.8. The van der Waals surface area contributed by atoms with Gasteiger partial charge in [-0.25, -0.2) is 0 Å². The molecule has 0 aliphatic carbocycles. The maximum atomic E-state index is 12.3. The third-order valence-corrected chi connectivity index (χ3v) is 3.56. The Morgan fingerprint density at radius 3 is 2.56 bits per heavy atom. The molecule has 1 amide bonds. The number of hydrogen-bond donors (Lipinski definition) is 0. The van der Waals surface area contributed by atoms with E-state index in [0.29, 0.717) is 4.47 Å². The van der Waals surface area contributed by atoms with Gasteiger partial charge in [0.05, 0.1) is 5.56 Å². The number of nitrogens with zero attached hydrogens (tertiary/aromatic N) is 1. The molecule has 0 radical (unpaired) electrons. The average molecular weight is 436 g/mol. The quantitative estimate of drug-likeness (QED) is 0.655. The van der Waals surface area contributed by atoms with Crippen LogP contribution in [0.2, 0.25) is 0 Å². The van der Waals surface area contributed by atoms with Gasteiger partial charge in [-0.05, 0) is 63.6 Å². The van der Waals surface area contributed by atoms with Crippen molar-refractivity contribution in [2.75, 3.05) is 13.1 Å². The number of alkyl halides is 3. The molecule has 0 aromatic heterocycles. The molecule has 0 heterocycles. The molecule has 7 heteroatoms. The summed E-state index contributed by atoms with van der Waals surface area (Å²) >= 11 is 5.18. The molecule has 0 N–H and O–H groups in total. The number of carbonyl (C=O) groups is 1. The van der Waals surface area contributed by atoms with Crippen LogP contribution in [-0.4, -0.2) is 30.1 Å². The van der Waals surface area contributed by atoms with Crippen LogP contribution in [-0.2, 0) is 0 Å². The molecule has 2 nitrogen and oxygen atoms in total. The van der Waals surface area contributed by atoms with Gasteiger partial charge in [0.2, 0.25) is 0 Å². The Morgan fingerprint density at radius 2 is 2.06 bits per heavy atom. The van der Waals surface area contributed by atoms with Gasteiger partial charge in [-0.1, -0.05) is 0 Å². The molecule has 1 rings (SSSR count). The van der Waals surface area contributed by atoms with Crippen LogP contribution >= 0.6 is 38.5 Å². The summed E-state index contributed by atoms with van der Waals surface area (Å²) in [6.45, 7) is 0.294. The molecule has 0 bridgehead atoms. The zero-order chi connectivity index (χ0) is 13.9. The number of hydrogen-bond acceptors (Lipinski definition) is 1. The van der Waals surface area contributed by atoms with Gasteiger partial charge in [0.15, 0.2) is 0 Å². The lowest BCUT2D eigenvalue weighted by Gasteiger charge is -2.22. The van der Waals surface area contributed by atoms with E-state index >= 15 is 0 Å². The lowest BCUT2D eigenvalue weighted by molar-refractivity contribution is -0.140. The van der Waals surface area contributed by atoms with E-state index in [1.807, 2.05) is 22.6 Å². The second kappa shape index (κ2) is 6.23. The SMILES string of the molecule is CCN(CC(F)(F)F)C(=O)c1cc(I)ccc1Br. The molecule has 0 saturated heterocycles. The third-order valence-electron chi connectivity index (χ3n) is 2.20. The zero-order valence-corrected chi connectivity index (χ0v) is 13.1. The van der Waals surface area contributed by atoms with Gasteiger partial charge in [0.1, 0.15) is 6.54 Å². The minimum absolute atomic E-state index is 0.0102. The first-order valence-corrected chi connectivity index (χ1v) is 6.93.